The minimum absolute atomic E-state index is 0.0128. The fraction of sp³-hybridized carbons (Fsp3) is 0.500. The van der Waals surface area contributed by atoms with Crippen molar-refractivity contribution in [3.63, 3.8) is 0 Å². The first-order chi connectivity index (χ1) is 10.7. The van der Waals surface area contributed by atoms with Crippen LogP contribution in [-0.2, 0) is 0 Å². The molecule has 4 aliphatic carbocycles. The van der Waals surface area contributed by atoms with Crippen LogP contribution in [0.4, 0.5) is 4.39 Å². The summed E-state index contributed by atoms with van der Waals surface area (Å²) in [6.45, 7) is 0. The minimum Gasteiger partial charge on any atom is -0.245 e. The van der Waals surface area contributed by atoms with E-state index in [0.29, 0.717) is 23.4 Å². The van der Waals surface area contributed by atoms with Crippen molar-refractivity contribution < 1.29 is 4.39 Å². The highest BCUT2D eigenvalue weighted by molar-refractivity contribution is 5.45. The van der Waals surface area contributed by atoms with E-state index < -0.39 is 11.7 Å². The number of aromatic nitrogens is 3. The van der Waals surface area contributed by atoms with Gasteiger partial charge in [0.25, 0.3) is 0 Å². The molecule has 0 unspecified atom stereocenters. The number of alkyl halides is 1. The molecule has 5 nitrogen and oxygen atoms in total. The highest BCUT2D eigenvalue weighted by Gasteiger charge is 2.98. The van der Waals surface area contributed by atoms with Gasteiger partial charge in [-0.05, 0) is 29.9 Å². The van der Waals surface area contributed by atoms with Gasteiger partial charge in [0.15, 0.2) is 0 Å². The molecular formula is C16H12FN3O2. The Kier molecular flexibility index (Phi) is 1.27. The van der Waals surface area contributed by atoms with E-state index in [1.54, 1.807) is 28.9 Å². The Balaban J connectivity index is 1.57. The molecular weight excluding hydrogens is 285 g/mol. The lowest BCUT2D eigenvalue weighted by Gasteiger charge is -2.93. The van der Waals surface area contributed by atoms with E-state index in [4.69, 9.17) is 0 Å². The van der Waals surface area contributed by atoms with E-state index in [0.717, 1.165) is 0 Å². The number of hydrogen-bond acceptors (Lipinski definition) is 2. The number of halogens is 1. The lowest BCUT2D eigenvalue weighted by molar-refractivity contribution is -0.495. The lowest BCUT2D eigenvalue weighted by atomic mass is 9.15. The summed E-state index contributed by atoms with van der Waals surface area (Å²) in [6, 6.07) is 8.45. The highest BCUT2D eigenvalue weighted by atomic mass is 19.1. The molecule has 110 valence electrons. The molecule has 0 amide bonds. The molecule has 2 aliphatic heterocycles. The van der Waals surface area contributed by atoms with Gasteiger partial charge in [0.2, 0.25) is 0 Å². The Hall–Kier alpha value is -2.11. The van der Waals surface area contributed by atoms with Crippen LogP contribution >= 0.6 is 0 Å². The molecule has 22 heavy (non-hydrogen) atoms. The van der Waals surface area contributed by atoms with Crippen molar-refractivity contribution in [2.45, 2.75) is 17.8 Å². The van der Waals surface area contributed by atoms with E-state index in [1.165, 1.54) is 9.25 Å². The van der Waals surface area contributed by atoms with Gasteiger partial charge in [0.1, 0.15) is 5.67 Å². The second-order valence-electron chi connectivity index (χ2n) is 7.47. The molecule has 4 saturated carbocycles. The van der Waals surface area contributed by atoms with E-state index in [2.05, 4.69) is 0 Å². The fourth-order valence-electron chi connectivity index (χ4n) is 6.77. The van der Waals surface area contributed by atoms with Crippen molar-refractivity contribution in [1.82, 2.24) is 13.9 Å². The molecule has 4 fully saturated rings. The smallest absolute Gasteiger partial charge is 0.245 e. The first-order valence-electron chi connectivity index (χ1n) is 7.88. The molecule has 6 aliphatic rings. The first-order valence-corrected chi connectivity index (χ1v) is 7.88. The second kappa shape index (κ2) is 2.64. The number of nitrogens with zero attached hydrogens (tertiary/aromatic N) is 3. The highest BCUT2D eigenvalue weighted by Crippen LogP contribution is 2.94. The molecule has 1 aromatic heterocycles. The van der Waals surface area contributed by atoms with Crippen molar-refractivity contribution in [2.75, 3.05) is 0 Å². The van der Waals surface area contributed by atoms with Gasteiger partial charge >= 0.3 is 11.4 Å². The summed E-state index contributed by atoms with van der Waals surface area (Å²) in [5.41, 5.74) is -1.32. The fourth-order valence-corrected chi connectivity index (χ4v) is 6.77. The summed E-state index contributed by atoms with van der Waals surface area (Å²) in [6.07, 6.45) is 0. The monoisotopic (exact) mass is 297 g/mol. The maximum atomic E-state index is 15.2. The van der Waals surface area contributed by atoms with E-state index >= 15 is 4.39 Å². The summed E-state index contributed by atoms with van der Waals surface area (Å²) >= 11 is 0. The van der Waals surface area contributed by atoms with Crippen molar-refractivity contribution in [3.05, 3.63) is 51.3 Å². The largest absolute Gasteiger partial charge is 0.352 e. The number of benzene rings is 1. The summed E-state index contributed by atoms with van der Waals surface area (Å²) < 4.78 is 19.4. The predicted molar refractivity (Wildman–Crippen MR) is 73.7 cm³/mol. The number of hydrogen-bond donors (Lipinski definition) is 0. The molecule has 8 atom stereocenters. The first kappa shape index (κ1) is 10.6. The van der Waals surface area contributed by atoms with Crippen LogP contribution in [0.5, 0.6) is 0 Å². The maximum absolute atomic E-state index is 15.2. The zero-order valence-electron chi connectivity index (χ0n) is 11.5. The van der Waals surface area contributed by atoms with E-state index in [-0.39, 0.29) is 29.3 Å². The van der Waals surface area contributed by atoms with E-state index in [9.17, 15) is 9.59 Å². The third kappa shape index (κ3) is 0.661. The van der Waals surface area contributed by atoms with Gasteiger partial charge in [-0.2, -0.15) is 0 Å². The van der Waals surface area contributed by atoms with Gasteiger partial charge in [-0.1, -0.05) is 18.2 Å². The van der Waals surface area contributed by atoms with Gasteiger partial charge in [0, 0.05) is 11.8 Å². The van der Waals surface area contributed by atoms with Crippen LogP contribution in [-0.4, -0.2) is 19.6 Å². The SMILES string of the molecule is O=c1n(-c2ccccc2)c(=O)n2n1[C@H]1[C@@H]3[C@@H]4[C@@H]5[C@@H]3[C@H]2[C@@]5(F)[C@@H]41. The summed E-state index contributed by atoms with van der Waals surface area (Å²) in [5.74, 6) is 1.41. The van der Waals surface area contributed by atoms with Gasteiger partial charge < -0.3 is 0 Å². The Morgan fingerprint density at radius 3 is 2.36 bits per heavy atom. The van der Waals surface area contributed by atoms with Crippen LogP contribution in [0.3, 0.4) is 0 Å². The zero-order valence-corrected chi connectivity index (χ0v) is 11.5. The molecule has 6 heteroatoms. The standard InChI is InChI=1S/C16H12FN3O2/c17-16-10-8-7-9(10)13(16)20-15(22)18(6-4-2-1-3-5-6)14(21)19(20)12(7)11(8)16/h1-5,7-13H/t7-,8-,9-,10-,11+,12+,13+,16+/m1/s1. The van der Waals surface area contributed by atoms with Crippen LogP contribution in [0.1, 0.15) is 12.1 Å². The second-order valence-corrected chi connectivity index (χ2v) is 7.47. The van der Waals surface area contributed by atoms with Gasteiger partial charge in [-0.3, -0.25) is 0 Å². The molecule has 0 saturated heterocycles. The van der Waals surface area contributed by atoms with Gasteiger partial charge in [-0.25, -0.2) is 27.9 Å². The summed E-state index contributed by atoms with van der Waals surface area (Å²) in [5, 5.41) is 0. The zero-order chi connectivity index (χ0) is 14.5. The van der Waals surface area contributed by atoms with Crippen molar-refractivity contribution in [1.29, 1.82) is 0 Å². The quantitative estimate of drug-likeness (QED) is 0.779. The van der Waals surface area contributed by atoms with Gasteiger partial charge in [0.05, 0.1) is 17.8 Å². The van der Waals surface area contributed by atoms with Gasteiger partial charge in [-0.15, -0.1) is 0 Å². The Bertz CT molecular complexity index is 1000. The van der Waals surface area contributed by atoms with Crippen LogP contribution in [0, 0.1) is 29.6 Å². The van der Waals surface area contributed by atoms with Crippen LogP contribution in [0.25, 0.3) is 5.69 Å². The predicted octanol–water partition coefficient (Wildman–Crippen LogP) is 0.740. The Morgan fingerprint density at radius 1 is 0.909 bits per heavy atom. The number of rotatable bonds is 1. The van der Waals surface area contributed by atoms with Crippen molar-refractivity contribution >= 4 is 0 Å². The third-order valence-electron chi connectivity index (χ3n) is 7.30. The molecule has 3 heterocycles. The summed E-state index contributed by atoms with van der Waals surface area (Å²) in [7, 11) is 0. The van der Waals surface area contributed by atoms with E-state index in [1.807, 2.05) is 6.07 Å². The average molecular weight is 297 g/mol. The molecule has 8 rings (SSSR count). The normalized spacial score (nSPS) is 50.1. The minimum atomic E-state index is -1.20. The van der Waals surface area contributed by atoms with Crippen molar-refractivity contribution in [3.8, 4) is 5.69 Å². The lowest BCUT2D eigenvalue weighted by Crippen LogP contribution is -2.98. The molecule has 0 spiro atoms. The molecule has 2 aromatic rings. The Morgan fingerprint density at radius 2 is 1.64 bits per heavy atom. The molecule has 0 radical (unpaired) electrons. The summed E-state index contributed by atoms with van der Waals surface area (Å²) in [4.78, 5) is 25.6. The number of para-hydroxylation sites is 1. The topological polar surface area (TPSA) is 48.9 Å². The van der Waals surface area contributed by atoms with Crippen LogP contribution < -0.4 is 11.4 Å². The third-order valence-corrected chi connectivity index (χ3v) is 7.30. The molecule has 1 aromatic carbocycles. The Labute approximate surface area is 123 Å². The maximum Gasteiger partial charge on any atom is 0.352 e. The average Bonchev–Trinajstić information content (AvgIpc) is 2.72. The molecule has 2 bridgehead atoms. The van der Waals surface area contributed by atoms with Crippen LogP contribution in [0.2, 0.25) is 0 Å². The van der Waals surface area contributed by atoms with Crippen molar-refractivity contribution in [2.24, 2.45) is 29.6 Å². The van der Waals surface area contributed by atoms with Crippen LogP contribution in [0.15, 0.2) is 39.9 Å². The molecule has 0 N–H and O–H groups in total.